The fourth-order valence-corrected chi connectivity index (χ4v) is 1.96. The van der Waals surface area contributed by atoms with Crippen molar-refractivity contribution in [2.75, 3.05) is 11.9 Å². The van der Waals surface area contributed by atoms with Crippen molar-refractivity contribution < 1.29 is 9.53 Å². The monoisotopic (exact) mass is 249 g/mol. The summed E-state index contributed by atoms with van der Waals surface area (Å²) in [5, 5.41) is 3.29. The van der Waals surface area contributed by atoms with Crippen LogP contribution in [-0.2, 0) is 9.53 Å². The first kappa shape index (κ1) is 14.6. The molecule has 1 atom stereocenters. The van der Waals surface area contributed by atoms with Crippen LogP contribution in [0.15, 0.2) is 24.3 Å². The summed E-state index contributed by atoms with van der Waals surface area (Å²) in [6.45, 7) is 8.24. The average molecular weight is 249 g/mol. The van der Waals surface area contributed by atoms with Crippen LogP contribution in [0, 0.1) is 6.92 Å². The van der Waals surface area contributed by atoms with Gasteiger partial charge in [-0.05, 0) is 39.3 Å². The van der Waals surface area contributed by atoms with Gasteiger partial charge in [-0.15, -0.1) is 0 Å². The molecule has 1 aromatic carbocycles. The Morgan fingerprint density at radius 1 is 1.28 bits per heavy atom. The molecule has 0 amide bonds. The zero-order valence-corrected chi connectivity index (χ0v) is 11.7. The van der Waals surface area contributed by atoms with E-state index in [0.29, 0.717) is 6.61 Å². The van der Waals surface area contributed by atoms with Crippen LogP contribution in [0.4, 0.5) is 5.69 Å². The maximum atomic E-state index is 12.0. The highest BCUT2D eigenvalue weighted by molar-refractivity contribution is 5.84. The van der Waals surface area contributed by atoms with Gasteiger partial charge in [0, 0.05) is 5.69 Å². The Morgan fingerprint density at radius 2 is 1.89 bits per heavy atom. The van der Waals surface area contributed by atoms with Crippen LogP contribution < -0.4 is 5.32 Å². The first-order valence-corrected chi connectivity index (χ1v) is 6.54. The molecular formula is C15H23NO2. The SMILES string of the molecule is CCCC(C)(Nc1ccc(C)cc1)C(=O)OCC. The van der Waals surface area contributed by atoms with Crippen LogP contribution >= 0.6 is 0 Å². The molecule has 0 fully saturated rings. The van der Waals surface area contributed by atoms with Gasteiger partial charge in [-0.3, -0.25) is 0 Å². The zero-order valence-electron chi connectivity index (χ0n) is 11.7. The second kappa shape index (κ2) is 6.43. The number of benzene rings is 1. The summed E-state index contributed by atoms with van der Waals surface area (Å²) in [5.41, 5.74) is 1.50. The molecule has 0 spiro atoms. The van der Waals surface area contributed by atoms with Crippen molar-refractivity contribution in [2.24, 2.45) is 0 Å². The molecule has 0 heterocycles. The van der Waals surface area contributed by atoms with Crippen molar-refractivity contribution in [2.45, 2.75) is 46.1 Å². The zero-order chi connectivity index (χ0) is 13.6. The molecule has 0 saturated carbocycles. The first-order chi connectivity index (χ1) is 8.51. The Kier molecular flexibility index (Phi) is 5.20. The summed E-state index contributed by atoms with van der Waals surface area (Å²) >= 11 is 0. The molecule has 3 nitrogen and oxygen atoms in total. The lowest BCUT2D eigenvalue weighted by molar-refractivity contribution is -0.148. The van der Waals surface area contributed by atoms with Crippen molar-refractivity contribution >= 4 is 11.7 Å². The van der Waals surface area contributed by atoms with Gasteiger partial charge < -0.3 is 10.1 Å². The molecule has 1 rings (SSSR count). The minimum atomic E-state index is -0.653. The van der Waals surface area contributed by atoms with E-state index in [1.165, 1.54) is 5.56 Å². The molecular weight excluding hydrogens is 226 g/mol. The van der Waals surface area contributed by atoms with Gasteiger partial charge in [0.05, 0.1) is 6.61 Å². The highest BCUT2D eigenvalue weighted by atomic mass is 16.5. The quantitative estimate of drug-likeness (QED) is 0.784. The van der Waals surface area contributed by atoms with E-state index in [-0.39, 0.29) is 5.97 Å². The highest BCUT2D eigenvalue weighted by Crippen LogP contribution is 2.22. The predicted molar refractivity (Wildman–Crippen MR) is 74.7 cm³/mol. The Bertz CT molecular complexity index is 386. The molecule has 0 aliphatic heterocycles. The van der Waals surface area contributed by atoms with E-state index in [2.05, 4.69) is 12.2 Å². The number of hydrogen-bond donors (Lipinski definition) is 1. The molecule has 1 unspecified atom stereocenters. The largest absolute Gasteiger partial charge is 0.464 e. The lowest BCUT2D eigenvalue weighted by Crippen LogP contribution is -2.44. The van der Waals surface area contributed by atoms with Crippen LogP contribution in [0.3, 0.4) is 0 Å². The molecule has 1 aromatic rings. The van der Waals surface area contributed by atoms with Gasteiger partial charge in [0.25, 0.3) is 0 Å². The lowest BCUT2D eigenvalue weighted by Gasteiger charge is -2.29. The van der Waals surface area contributed by atoms with Crippen molar-refractivity contribution in [1.29, 1.82) is 0 Å². The van der Waals surface area contributed by atoms with Gasteiger partial charge in [-0.25, -0.2) is 4.79 Å². The second-order valence-electron chi connectivity index (χ2n) is 4.79. The van der Waals surface area contributed by atoms with Crippen LogP contribution in [-0.4, -0.2) is 18.1 Å². The second-order valence-corrected chi connectivity index (χ2v) is 4.79. The standard InChI is InChI=1S/C15H23NO2/c1-5-11-15(4,14(17)18-6-2)16-13-9-7-12(3)8-10-13/h7-10,16H,5-6,11H2,1-4H3. The highest BCUT2D eigenvalue weighted by Gasteiger charge is 2.33. The van der Waals surface area contributed by atoms with Crippen molar-refractivity contribution in [3.8, 4) is 0 Å². The van der Waals surface area contributed by atoms with E-state index < -0.39 is 5.54 Å². The van der Waals surface area contributed by atoms with E-state index in [9.17, 15) is 4.79 Å². The molecule has 3 heteroatoms. The number of esters is 1. The van der Waals surface area contributed by atoms with Crippen LogP contribution in [0.2, 0.25) is 0 Å². The minimum Gasteiger partial charge on any atom is -0.464 e. The molecule has 1 N–H and O–H groups in total. The van der Waals surface area contributed by atoms with E-state index >= 15 is 0 Å². The number of carbonyl (C=O) groups is 1. The fraction of sp³-hybridized carbons (Fsp3) is 0.533. The molecule has 18 heavy (non-hydrogen) atoms. The Labute approximate surface area is 110 Å². The topological polar surface area (TPSA) is 38.3 Å². The van der Waals surface area contributed by atoms with E-state index in [1.807, 2.05) is 45.0 Å². The molecule has 0 bridgehead atoms. The summed E-state index contributed by atoms with van der Waals surface area (Å²) < 4.78 is 5.15. The summed E-state index contributed by atoms with van der Waals surface area (Å²) in [6, 6.07) is 8.03. The number of aryl methyl sites for hydroxylation is 1. The number of hydrogen-bond acceptors (Lipinski definition) is 3. The van der Waals surface area contributed by atoms with Gasteiger partial charge in [0.1, 0.15) is 5.54 Å². The third-order valence-electron chi connectivity index (χ3n) is 2.95. The molecule has 0 aliphatic rings. The Balaban J connectivity index is 2.84. The minimum absolute atomic E-state index is 0.188. The van der Waals surface area contributed by atoms with Crippen LogP contribution in [0.5, 0.6) is 0 Å². The van der Waals surface area contributed by atoms with Gasteiger partial charge in [-0.2, -0.15) is 0 Å². The van der Waals surface area contributed by atoms with E-state index in [0.717, 1.165) is 18.5 Å². The van der Waals surface area contributed by atoms with Crippen molar-refractivity contribution in [3.05, 3.63) is 29.8 Å². The summed E-state index contributed by atoms with van der Waals surface area (Å²) in [7, 11) is 0. The number of anilines is 1. The number of rotatable bonds is 6. The number of carbonyl (C=O) groups excluding carboxylic acids is 1. The molecule has 0 radical (unpaired) electrons. The van der Waals surface area contributed by atoms with Gasteiger partial charge in [0.15, 0.2) is 0 Å². The molecule has 0 aliphatic carbocycles. The smallest absolute Gasteiger partial charge is 0.331 e. The third kappa shape index (κ3) is 3.76. The number of ether oxygens (including phenoxy) is 1. The average Bonchev–Trinajstić information content (AvgIpc) is 2.33. The molecule has 100 valence electrons. The number of nitrogens with one attached hydrogen (secondary N) is 1. The van der Waals surface area contributed by atoms with Gasteiger partial charge in [0.2, 0.25) is 0 Å². The molecule has 0 aromatic heterocycles. The van der Waals surface area contributed by atoms with Crippen molar-refractivity contribution in [3.63, 3.8) is 0 Å². The Morgan fingerprint density at radius 3 is 2.39 bits per heavy atom. The lowest BCUT2D eigenvalue weighted by atomic mass is 9.95. The fourth-order valence-electron chi connectivity index (χ4n) is 1.96. The maximum absolute atomic E-state index is 12.0. The molecule has 0 saturated heterocycles. The Hall–Kier alpha value is -1.51. The third-order valence-corrected chi connectivity index (χ3v) is 2.95. The summed E-state index contributed by atoms with van der Waals surface area (Å²) in [5.74, 6) is -0.188. The van der Waals surface area contributed by atoms with Crippen LogP contribution in [0.25, 0.3) is 0 Å². The summed E-state index contributed by atoms with van der Waals surface area (Å²) in [4.78, 5) is 12.0. The first-order valence-electron chi connectivity index (χ1n) is 6.54. The van der Waals surface area contributed by atoms with Crippen molar-refractivity contribution in [1.82, 2.24) is 0 Å². The van der Waals surface area contributed by atoms with E-state index in [1.54, 1.807) is 0 Å². The normalized spacial score (nSPS) is 13.8. The maximum Gasteiger partial charge on any atom is 0.331 e. The van der Waals surface area contributed by atoms with Gasteiger partial charge >= 0.3 is 5.97 Å². The van der Waals surface area contributed by atoms with Crippen LogP contribution in [0.1, 0.15) is 39.2 Å². The predicted octanol–water partition coefficient (Wildman–Crippen LogP) is 3.53. The van der Waals surface area contributed by atoms with Gasteiger partial charge in [-0.1, -0.05) is 31.0 Å². The van der Waals surface area contributed by atoms with E-state index in [4.69, 9.17) is 4.74 Å². The summed E-state index contributed by atoms with van der Waals surface area (Å²) in [6.07, 6.45) is 1.67.